The highest BCUT2D eigenvalue weighted by molar-refractivity contribution is 6.31. The Bertz CT molecular complexity index is 1150. The molecule has 0 aromatic heterocycles. The van der Waals surface area contributed by atoms with Crippen LogP contribution in [0.2, 0.25) is 0 Å². The smallest absolute Gasteiger partial charge is 0.239 e. The molecule has 0 radical (unpaired) electrons. The highest BCUT2D eigenvalue weighted by atomic mass is 16.5. The van der Waals surface area contributed by atoms with E-state index in [9.17, 15) is 4.79 Å². The van der Waals surface area contributed by atoms with E-state index in [0.717, 1.165) is 41.7 Å². The molecule has 1 fully saturated rings. The zero-order valence-electron chi connectivity index (χ0n) is 20.9. The fourth-order valence-corrected chi connectivity index (χ4v) is 4.90. The first-order chi connectivity index (χ1) is 17.6. The normalized spacial score (nSPS) is 21.8. The molecule has 3 heterocycles. The second kappa shape index (κ2) is 10.4. The van der Waals surface area contributed by atoms with Crippen LogP contribution in [0.1, 0.15) is 18.5 Å². The van der Waals surface area contributed by atoms with Crippen LogP contribution in [0.4, 0.5) is 5.69 Å². The summed E-state index contributed by atoms with van der Waals surface area (Å²) < 4.78 is 10.8. The molecule has 5 rings (SSSR count). The van der Waals surface area contributed by atoms with E-state index in [1.165, 1.54) is 0 Å². The van der Waals surface area contributed by atoms with E-state index in [1.54, 1.807) is 26.6 Å². The van der Waals surface area contributed by atoms with Gasteiger partial charge in [-0.3, -0.25) is 20.1 Å². The number of aliphatic imine (C=N–C) groups is 2. The van der Waals surface area contributed by atoms with Crippen LogP contribution in [0.25, 0.3) is 0 Å². The van der Waals surface area contributed by atoms with E-state index in [-0.39, 0.29) is 24.2 Å². The Balaban J connectivity index is 1.24. The lowest BCUT2D eigenvalue weighted by Crippen LogP contribution is -2.57. The summed E-state index contributed by atoms with van der Waals surface area (Å²) in [5.74, 6) is 2.39. The summed E-state index contributed by atoms with van der Waals surface area (Å²) in [6.07, 6.45) is 5.25. The van der Waals surface area contributed by atoms with Crippen molar-refractivity contribution < 1.29 is 14.3 Å². The van der Waals surface area contributed by atoms with Gasteiger partial charge in [-0.1, -0.05) is 30.3 Å². The molecule has 3 atom stereocenters. The average molecular weight is 489 g/mol. The van der Waals surface area contributed by atoms with Crippen molar-refractivity contribution in [1.82, 2.24) is 15.1 Å². The Morgan fingerprint density at radius 1 is 1.03 bits per heavy atom. The van der Waals surface area contributed by atoms with E-state index in [4.69, 9.17) is 14.5 Å². The van der Waals surface area contributed by atoms with Gasteiger partial charge in [-0.15, -0.1) is 0 Å². The van der Waals surface area contributed by atoms with E-state index in [0.29, 0.717) is 13.1 Å². The van der Waals surface area contributed by atoms with Crippen LogP contribution in [0.15, 0.2) is 70.9 Å². The van der Waals surface area contributed by atoms with Crippen molar-refractivity contribution in [2.24, 2.45) is 9.98 Å². The van der Waals surface area contributed by atoms with Crippen LogP contribution in [0, 0.1) is 0 Å². The summed E-state index contributed by atoms with van der Waals surface area (Å²) in [6, 6.07) is 15.5. The first-order valence-electron chi connectivity index (χ1n) is 12.2. The number of piperazine rings is 1. The Morgan fingerprint density at radius 2 is 1.72 bits per heavy atom. The predicted octanol–water partition coefficient (Wildman–Crippen LogP) is 2.67. The van der Waals surface area contributed by atoms with Crippen molar-refractivity contribution in [3.8, 4) is 11.5 Å². The second-order valence-electron chi connectivity index (χ2n) is 9.04. The van der Waals surface area contributed by atoms with Crippen LogP contribution in [0.3, 0.4) is 0 Å². The fourth-order valence-electron chi connectivity index (χ4n) is 4.90. The summed E-state index contributed by atoms with van der Waals surface area (Å²) in [5, 5.41) is 3.56. The first-order valence-corrected chi connectivity index (χ1v) is 12.2. The molecule has 0 aliphatic carbocycles. The number of amidine groups is 1. The molecule has 1 amide bonds. The summed E-state index contributed by atoms with van der Waals surface area (Å²) in [5.41, 5.74) is 2.13. The number of fused-ring (bicyclic) bond motifs is 1. The second-order valence-corrected chi connectivity index (χ2v) is 9.04. The fraction of sp³-hybridized carbons (Fsp3) is 0.370. The SMILES string of the molecule is COc1cc(OC)cc(N2CCN(C(=O)C(C)NC3C(c4ccccc4)N=C4C=NC=CN43)CC2)c1. The van der Waals surface area contributed by atoms with Gasteiger partial charge in [0.1, 0.15) is 29.5 Å². The summed E-state index contributed by atoms with van der Waals surface area (Å²) in [6.45, 7) is 4.71. The molecule has 3 unspecified atom stereocenters. The molecule has 3 aliphatic heterocycles. The predicted molar refractivity (Wildman–Crippen MR) is 141 cm³/mol. The summed E-state index contributed by atoms with van der Waals surface area (Å²) in [7, 11) is 3.30. The molecule has 1 N–H and O–H groups in total. The number of carbonyl (C=O) groups excluding carboxylic acids is 1. The number of nitrogens with zero attached hydrogens (tertiary/aromatic N) is 5. The van der Waals surface area contributed by atoms with Gasteiger partial charge in [0, 0.05) is 62.5 Å². The lowest BCUT2D eigenvalue weighted by molar-refractivity contribution is -0.133. The van der Waals surface area contributed by atoms with Crippen molar-refractivity contribution >= 4 is 23.6 Å². The van der Waals surface area contributed by atoms with Gasteiger partial charge in [0.25, 0.3) is 0 Å². The first kappa shape index (κ1) is 23.9. The molecular weight excluding hydrogens is 456 g/mol. The molecule has 2 aromatic carbocycles. The van der Waals surface area contributed by atoms with Gasteiger partial charge in [0.05, 0.1) is 26.5 Å². The van der Waals surface area contributed by atoms with Crippen LogP contribution in [-0.2, 0) is 4.79 Å². The Morgan fingerprint density at radius 3 is 2.39 bits per heavy atom. The molecule has 9 nitrogen and oxygen atoms in total. The minimum absolute atomic E-state index is 0.0905. The topological polar surface area (TPSA) is 82.0 Å². The monoisotopic (exact) mass is 488 g/mol. The molecule has 0 spiro atoms. The Labute approximate surface area is 211 Å². The number of hydrogen-bond acceptors (Lipinski definition) is 8. The largest absolute Gasteiger partial charge is 0.497 e. The summed E-state index contributed by atoms with van der Waals surface area (Å²) >= 11 is 0. The number of rotatable bonds is 7. The number of ether oxygens (including phenoxy) is 2. The number of amides is 1. The average Bonchev–Trinajstić information content (AvgIpc) is 3.31. The number of benzene rings is 2. The van der Waals surface area contributed by atoms with Crippen molar-refractivity contribution in [2.75, 3.05) is 45.3 Å². The van der Waals surface area contributed by atoms with Crippen molar-refractivity contribution in [3.05, 3.63) is 66.5 Å². The van der Waals surface area contributed by atoms with Crippen LogP contribution >= 0.6 is 0 Å². The van der Waals surface area contributed by atoms with E-state index in [1.807, 2.05) is 54.4 Å². The summed E-state index contributed by atoms with van der Waals surface area (Å²) in [4.78, 5) is 28.8. The molecule has 36 heavy (non-hydrogen) atoms. The Hall–Kier alpha value is -3.85. The van der Waals surface area contributed by atoms with E-state index < -0.39 is 0 Å². The molecule has 2 aromatic rings. The molecule has 1 saturated heterocycles. The standard InChI is InChI=1S/C27H32N6O3/c1-19(29-26-25(20-7-5-4-6-8-20)30-24-18-28-9-10-33(24)26)27(34)32-13-11-31(12-14-32)21-15-22(35-2)17-23(16-21)36-3/h4-10,15-19,25-26,29H,11-14H2,1-3H3. The lowest BCUT2D eigenvalue weighted by atomic mass is 10.0. The zero-order chi connectivity index (χ0) is 25.1. The van der Waals surface area contributed by atoms with Gasteiger partial charge in [0.15, 0.2) is 0 Å². The van der Waals surface area contributed by atoms with Crippen molar-refractivity contribution in [2.45, 2.75) is 25.2 Å². The molecule has 188 valence electrons. The van der Waals surface area contributed by atoms with Crippen LogP contribution < -0.4 is 19.7 Å². The number of hydrogen-bond donors (Lipinski definition) is 1. The minimum atomic E-state index is -0.369. The van der Waals surface area contributed by atoms with Gasteiger partial charge in [-0.25, -0.2) is 0 Å². The highest BCUT2D eigenvalue weighted by Gasteiger charge is 2.38. The number of anilines is 1. The zero-order valence-corrected chi connectivity index (χ0v) is 20.9. The number of methoxy groups -OCH3 is 2. The maximum atomic E-state index is 13.4. The van der Waals surface area contributed by atoms with Crippen LogP contribution in [0.5, 0.6) is 11.5 Å². The molecule has 0 bridgehead atoms. The van der Waals surface area contributed by atoms with Gasteiger partial charge in [-0.2, -0.15) is 0 Å². The van der Waals surface area contributed by atoms with Gasteiger partial charge < -0.3 is 24.2 Å². The Kier molecular flexibility index (Phi) is 6.90. The number of nitrogens with one attached hydrogen (secondary N) is 1. The molecule has 9 heteroatoms. The van der Waals surface area contributed by atoms with Crippen LogP contribution in [-0.4, -0.2) is 80.4 Å². The highest BCUT2D eigenvalue weighted by Crippen LogP contribution is 2.32. The van der Waals surface area contributed by atoms with Gasteiger partial charge in [-0.05, 0) is 12.5 Å². The van der Waals surface area contributed by atoms with E-state index >= 15 is 0 Å². The van der Waals surface area contributed by atoms with Crippen molar-refractivity contribution in [3.63, 3.8) is 0 Å². The lowest BCUT2D eigenvalue weighted by Gasteiger charge is -2.38. The maximum Gasteiger partial charge on any atom is 0.239 e. The third kappa shape index (κ3) is 4.79. The molecular formula is C27H32N6O3. The third-order valence-electron chi connectivity index (χ3n) is 6.86. The van der Waals surface area contributed by atoms with Gasteiger partial charge in [0.2, 0.25) is 5.91 Å². The quantitative estimate of drug-likeness (QED) is 0.646. The minimum Gasteiger partial charge on any atom is -0.497 e. The number of carbonyl (C=O) groups is 1. The van der Waals surface area contributed by atoms with Crippen molar-refractivity contribution in [1.29, 1.82) is 0 Å². The maximum absolute atomic E-state index is 13.4. The van der Waals surface area contributed by atoms with E-state index in [2.05, 4.69) is 32.2 Å². The molecule has 3 aliphatic rings. The van der Waals surface area contributed by atoms with Gasteiger partial charge >= 0.3 is 0 Å². The molecule has 0 saturated carbocycles. The third-order valence-corrected chi connectivity index (χ3v) is 6.86.